The van der Waals surface area contributed by atoms with E-state index in [9.17, 15) is 24.0 Å². The van der Waals surface area contributed by atoms with E-state index in [0.717, 1.165) is 16.5 Å². The first-order chi connectivity index (χ1) is 17.4. The van der Waals surface area contributed by atoms with Crippen LogP contribution in [0.2, 0.25) is 0 Å². The molecular formula is C25H36N6O6. The lowest BCUT2D eigenvalue weighted by Gasteiger charge is -2.25. The van der Waals surface area contributed by atoms with E-state index in [2.05, 4.69) is 20.9 Å². The molecule has 4 unspecified atom stereocenters. The molecule has 12 heteroatoms. The Hall–Kier alpha value is -3.93. The van der Waals surface area contributed by atoms with Gasteiger partial charge in [-0.2, -0.15) is 0 Å². The van der Waals surface area contributed by atoms with Gasteiger partial charge in [0, 0.05) is 23.5 Å². The minimum atomic E-state index is -1.26. The number of hydrogen-bond donors (Lipinski definition) is 7. The molecule has 0 spiro atoms. The number of carboxylic acids is 1. The first kappa shape index (κ1) is 29.3. The second-order valence-electron chi connectivity index (χ2n) is 9.50. The third-order valence-electron chi connectivity index (χ3n) is 5.83. The minimum absolute atomic E-state index is 0.00539. The number of fused-ring (bicyclic) bond motifs is 1. The normalized spacial score (nSPS) is 14.4. The fourth-order valence-electron chi connectivity index (χ4n) is 3.82. The number of carbonyl (C=O) groups excluding carboxylic acids is 4. The van der Waals surface area contributed by atoms with Crippen LogP contribution in [0.1, 0.15) is 45.6 Å². The van der Waals surface area contributed by atoms with Crippen molar-refractivity contribution in [1.82, 2.24) is 20.9 Å². The number of H-pyrrole nitrogens is 1. The van der Waals surface area contributed by atoms with E-state index in [0.29, 0.717) is 0 Å². The van der Waals surface area contributed by atoms with Gasteiger partial charge in [-0.05, 0) is 43.7 Å². The molecule has 4 atom stereocenters. The van der Waals surface area contributed by atoms with Gasteiger partial charge in [0.25, 0.3) is 0 Å². The molecule has 0 aliphatic rings. The maximum Gasteiger partial charge on any atom is 0.325 e. The molecule has 0 bridgehead atoms. The number of carboxylic acid groups (broad SMARTS) is 1. The molecule has 0 aliphatic carbocycles. The molecule has 0 saturated carbocycles. The fraction of sp³-hybridized carbons (Fsp3) is 0.480. The van der Waals surface area contributed by atoms with Crippen LogP contribution in [0.4, 0.5) is 0 Å². The molecule has 0 saturated heterocycles. The summed E-state index contributed by atoms with van der Waals surface area (Å²) in [4.78, 5) is 64.2. The van der Waals surface area contributed by atoms with Gasteiger partial charge >= 0.3 is 5.97 Å². The average Bonchev–Trinajstić information content (AvgIpc) is 3.23. The zero-order chi connectivity index (χ0) is 27.7. The number of aromatic nitrogens is 1. The monoisotopic (exact) mass is 516 g/mol. The van der Waals surface area contributed by atoms with Crippen molar-refractivity contribution in [2.75, 3.05) is 0 Å². The van der Waals surface area contributed by atoms with E-state index in [4.69, 9.17) is 16.6 Å². The van der Waals surface area contributed by atoms with Crippen LogP contribution in [-0.2, 0) is 30.4 Å². The number of nitrogens with two attached hydrogens (primary N) is 2. The second kappa shape index (κ2) is 13.4. The Bertz CT molecular complexity index is 1130. The van der Waals surface area contributed by atoms with Crippen molar-refractivity contribution in [3.63, 3.8) is 0 Å². The van der Waals surface area contributed by atoms with Gasteiger partial charge in [0.05, 0.1) is 6.04 Å². The number of amides is 4. The molecule has 12 nitrogen and oxygen atoms in total. The first-order valence-corrected chi connectivity index (χ1v) is 12.1. The molecule has 9 N–H and O–H groups in total. The van der Waals surface area contributed by atoms with Crippen LogP contribution in [-0.4, -0.2) is 63.9 Å². The van der Waals surface area contributed by atoms with Crippen molar-refractivity contribution in [2.24, 2.45) is 17.4 Å². The number of nitrogens with one attached hydrogen (secondary N) is 4. The summed E-state index contributed by atoms with van der Waals surface area (Å²) >= 11 is 0. The highest BCUT2D eigenvalue weighted by Crippen LogP contribution is 2.19. The maximum absolute atomic E-state index is 13.1. The summed E-state index contributed by atoms with van der Waals surface area (Å²) in [6.07, 6.45) is 1.93. The van der Waals surface area contributed by atoms with Gasteiger partial charge in [0.1, 0.15) is 18.1 Å². The summed E-state index contributed by atoms with van der Waals surface area (Å²) in [6, 6.07) is 3.22. The molecule has 0 radical (unpaired) electrons. The van der Waals surface area contributed by atoms with Crippen LogP contribution in [0.5, 0.6) is 0 Å². The Morgan fingerprint density at radius 2 is 1.57 bits per heavy atom. The van der Waals surface area contributed by atoms with E-state index in [1.54, 1.807) is 6.20 Å². The Morgan fingerprint density at radius 3 is 2.19 bits per heavy atom. The molecule has 2 rings (SSSR count). The molecule has 1 aromatic heterocycles. The molecule has 202 valence electrons. The summed E-state index contributed by atoms with van der Waals surface area (Å²) in [5.74, 6) is -3.92. The number of rotatable bonds is 14. The minimum Gasteiger partial charge on any atom is -0.480 e. The predicted molar refractivity (Wildman–Crippen MR) is 137 cm³/mol. The van der Waals surface area contributed by atoms with Crippen LogP contribution >= 0.6 is 0 Å². The summed E-state index contributed by atoms with van der Waals surface area (Å²) in [5, 5.41) is 17.5. The highest BCUT2D eigenvalue weighted by Gasteiger charge is 2.30. The van der Waals surface area contributed by atoms with Gasteiger partial charge in [-0.3, -0.25) is 24.0 Å². The summed E-state index contributed by atoms with van der Waals surface area (Å²) < 4.78 is 0. The summed E-state index contributed by atoms with van der Waals surface area (Å²) in [7, 11) is 0. The maximum atomic E-state index is 13.1. The van der Waals surface area contributed by atoms with Crippen molar-refractivity contribution in [3.8, 4) is 0 Å². The largest absolute Gasteiger partial charge is 0.480 e. The molecule has 37 heavy (non-hydrogen) atoms. The van der Waals surface area contributed by atoms with Crippen molar-refractivity contribution in [2.45, 2.75) is 70.6 Å². The number of benzene rings is 1. The van der Waals surface area contributed by atoms with Gasteiger partial charge < -0.3 is 37.5 Å². The van der Waals surface area contributed by atoms with Crippen molar-refractivity contribution < 1.29 is 29.1 Å². The quantitative estimate of drug-likeness (QED) is 0.181. The summed E-state index contributed by atoms with van der Waals surface area (Å²) in [6.45, 7) is 5.00. The topological polar surface area (TPSA) is 209 Å². The van der Waals surface area contributed by atoms with Gasteiger partial charge in [0.15, 0.2) is 0 Å². The van der Waals surface area contributed by atoms with Crippen LogP contribution < -0.4 is 27.4 Å². The fourth-order valence-corrected chi connectivity index (χ4v) is 3.82. The molecule has 1 heterocycles. The van der Waals surface area contributed by atoms with Crippen LogP contribution in [0.3, 0.4) is 0 Å². The molecular weight excluding hydrogens is 480 g/mol. The van der Waals surface area contributed by atoms with Crippen LogP contribution in [0, 0.1) is 5.92 Å². The number of aliphatic carboxylic acids is 1. The third kappa shape index (κ3) is 8.90. The lowest BCUT2D eigenvalue weighted by Crippen LogP contribution is -2.57. The van der Waals surface area contributed by atoms with Crippen molar-refractivity contribution >= 4 is 40.5 Å². The van der Waals surface area contributed by atoms with E-state index in [-0.39, 0.29) is 31.6 Å². The Morgan fingerprint density at radius 1 is 0.946 bits per heavy atom. The molecule has 2 aromatic rings. The van der Waals surface area contributed by atoms with Crippen LogP contribution in [0.15, 0.2) is 30.5 Å². The predicted octanol–water partition coefficient (Wildman–Crippen LogP) is -0.0918. The Labute approximate surface area is 214 Å². The summed E-state index contributed by atoms with van der Waals surface area (Å²) in [5.41, 5.74) is 13.1. The van der Waals surface area contributed by atoms with Crippen LogP contribution in [0.25, 0.3) is 10.9 Å². The van der Waals surface area contributed by atoms with E-state index in [1.807, 2.05) is 38.1 Å². The molecule has 0 aliphatic heterocycles. The number of carbonyl (C=O) groups is 5. The average molecular weight is 517 g/mol. The van der Waals surface area contributed by atoms with Gasteiger partial charge in [-0.1, -0.05) is 32.0 Å². The molecule has 0 fully saturated rings. The number of para-hydroxylation sites is 1. The molecule has 1 aromatic carbocycles. The zero-order valence-electron chi connectivity index (χ0n) is 21.2. The van der Waals surface area contributed by atoms with Gasteiger partial charge in [0.2, 0.25) is 23.6 Å². The third-order valence-corrected chi connectivity index (χ3v) is 5.83. The second-order valence-corrected chi connectivity index (χ2v) is 9.50. The number of aromatic amines is 1. The highest BCUT2D eigenvalue weighted by atomic mass is 16.4. The SMILES string of the molecule is CC(C)CC(NC(=O)C(N)Cc1c[nH]c2ccccc12)C(=O)NC(CCC(N)=O)C(=O)NC(C)C(=O)O. The van der Waals surface area contributed by atoms with Crippen molar-refractivity contribution in [3.05, 3.63) is 36.0 Å². The molecule has 4 amide bonds. The zero-order valence-corrected chi connectivity index (χ0v) is 21.2. The first-order valence-electron chi connectivity index (χ1n) is 12.1. The van der Waals surface area contributed by atoms with E-state index in [1.165, 1.54) is 6.92 Å². The van der Waals surface area contributed by atoms with Gasteiger partial charge in [-0.25, -0.2) is 0 Å². The lowest BCUT2D eigenvalue weighted by atomic mass is 10.0. The van der Waals surface area contributed by atoms with E-state index >= 15 is 0 Å². The smallest absolute Gasteiger partial charge is 0.325 e. The van der Waals surface area contributed by atoms with Gasteiger partial charge in [-0.15, -0.1) is 0 Å². The van der Waals surface area contributed by atoms with Crippen molar-refractivity contribution in [1.29, 1.82) is 0 Å². The standard InChI is InChI=1S/C25H36N6O6/c1-13(2)10-20(24(35)30-19(8-9-21(27)32)23(34)29-14(3)25(36)37)31-22(33)17(26)11-15-12-28-18-7-5-4-6-16(15)18/h4-7,12-14,17,19-20,28H,8-11,26H2,1-3H3,(H2,27,32)(H,29,34)(H,30,35)(H,31,33)(H,36,37). The van der Waals surface area contributed by atoms with E-state index < -0.39 is 53.8 Å². The lowest BCUT2D eigenvalue weighted by molar-refractivity contribution is -0.142. The number of hydrogen-bond acceptors (Lipinski definition) is 6. The Balaban J connectivity index is 2.12. The number of primary amides is 1. The highest BCUT2D eigenvalue weighted by molar-refractivity contribution is 5.94. The Kier molecular flexibility index (Phi) is 10.6.